The number of anilines is 1. The van der Waals surface area contributed by atoms with Gasteiger partial charge in [0.15, 0.2) is 11.6 Å². The molecule has 6 nitrogen and oxygen atoms in total. The molecule has 0 N–H and O–H groups in total. The number of hydrogen-bond donors (Lipinski definition) is 0. The van der Waals surface area contributed by atoms with Gasteiger partial charge in [-0.2, -0.15) is 0 Å². The highest BCUT2D eigenvalue weighted by Gasteiger charge is 2.24. The van der Waals surface area contributed by atoms with Gasteiger partial charge in [0.1, 0.15) is 12.4 Å². The van der Waals surface area contributed by atoms with Crippen molar-refractivity contribution in [2.75, 3.05) is 18.0 Å². The first-order valence-electron chi connectivity index (χ1n) is 8.86. The quantitative estimate of drug-likeness (QED) is 0.715. The SMILES string of the molecule is C1=C(c2nnc3n2-c2ccccc2COC3)CCN(c2ccccn2)C1. The highest BCUT2D eigenvalue weighted by Crippen LogP contribution is 2.29. The molecule has 0 spiro atoms. The average molecular weight is 345 g/mol. The molecule has 0 saturated carbocycles. The minimum atomic E-state index is 0.481. The van der Waals surface area contributed by atoms with Gasteiger partial charge in [-0.15, -0.1) is 10.2 Å². The lowest BCUT2D eigenvalue weighted by Gasteiger charge is -2.27. The van der Waals surface area contributed by atoms with Crippen LogP contribution in [-0.2, 0) is 18.0 Å². The Labute approximate surface area is 151 Å². The number of aromatic nitrogens is 4. The molecular formula is C20H19N5O. The summed E-state index contributed by atoms with van der Waals surface area (Å²) in [4.78, 5) is 6.73. The van der Waals surface area contributed by atoms with E-state index in [1.807, 2.05) is 24.4 Å². The largest absolute Gasteiger partial charge is 0.369 e. The summed E-state index contributed by atoms with van der Waals surface area (Å²) in [6.45, 7) is 2.83. The molecule has 3 aromatic rings. The summed E-state index contributed by atoms with van der Waals surface area (Å²) in [7, 11) is 0. The number of rotatable bonds is 2. The monoisotopic (exact) mass is 345 g/mol. The lowest BCUT2D eigenvalue weighted by atomic mass is 10.1. The van der Waals surface area contributed by atoms with Crippen LogP contribution in [0.15, 0.2) is 54.7 Å². The van der Waals surface area contributed by atoms with Crippen LogP contribution in [0.4, 0.5) is 5.82 Å². The molecule has 0 fully saturated rings. The Kier molecular flexibility index (Phi) is 3.75. The third-order valence-corrected chi connectivity index (χ3v) is 4.92. The average Bonchev–Trinajstić information content (AvgIpc) is 3.04. The first-order valence-corrected chi connectivity index (χ1v) is 8.86. The second kappa shape index (κ2) is 6.38. The first kappa shape index (κ1) is 15.3. The molecule has 0 radical (unpaired) electrons. The zero-order valence-corrected chi connectivity index (χ0v) is 14.4. The van der Waals surface area contributed by atoms with Crippen LogP contribution in [0.2, 0.25) is 0 Å². The Morgan fingerprint density at radius 2 is 1.88 bits per heavy atom. The fourth-order valence-corrected chi connectivity index (χ4v) is 3.60. The lowest BCUT2D eigenvalue weighted by Crippen LogP contribution is -2.29. The molecule has 0 amide bonds. The van der Waals surface area contributed by atoms with Gasteiger partial charge >= 0.3 is 0 Å². The summed E-state index contributed by atoms with van der Waals surface area (Å²) in [6.07, 6.45) is 4.99. The van der Waals surface area contributed by atoms with Crippen LogP contribution in [0.1, 0.15) is 23.6 Å². The summed E-state index contributed by atoms with van der Waals surface area (Å²) in [5.74, 6) is 2.80. The summed E-state index contributed by atoms with van der Waals surface area (Å²) in [5, 5.41) is 8.88. The number of ether oxygens (including phenoxy) is 1. The molecule has 2 aliphatic rings. The number of para-hydroxylation sites is 1. The fourth-order valence-electron chi connectivity index (χ4n) is 3.60. The highest BCUT2D eigenvalue weighted by atomic mass is 16.5. The van der Waals surface area contributed by atoms with Gasteiger partial charge in [-0.25, -0.2) is 4.98 Å². The second-order valence-corrected chi connectivity index (χ2v) is 6.51. The van der Waals surface area contributed by atoms with E-state index in [4.69, 9.17) is 4.74 Å². The first-order chi connectivity index (χ1) is 12.9. The number of benzene rings is 1. The Bertz CT molecular complexity index is 963. The predicted molar refractivity (Wildman–Crippen MR) is 98.9 cm³/mol. The van der Waals surface area contributed by atoms with Gasteiger partial charge in [0.25, 0.3) is 0 Å². The van der Waals surface area contributed by atoms with Crippen LogP contribution in [0.25, 0.3) is 11.3 Å². The maximum atomic E-state index is 5.76. The Hall–Kier alpha value is -2.99. The molecule has 2 aromatic heterocycles. The standard InChI is InChI=1S/C20H19N5O/c1-2-6-17-16(5-1)13-26-14-19-22-23-20(25(17)19)15-8-11-24(12-9-15)18-7-3-4-10-21-18/h1-8,10H,9,11-14H2. The second-order valence-electron chi connectivity index (χ2n) is 6.51. The topological polar surface area (TPSA) is 56.1 Å². The van der Waals surface area contributed by atoms with E-state index in [0.717, 1.165) is 42.7 Å². The van der Waals surface area contributed by atoms with Gasteiger partial charge in [-0.3, -0.25) is 4.57 Å². The van der Waals surface area contributed by atoms with Crippen LogP contribution in [0.3, 0.4) is 0 Å². The van der Waals surface area contributed by atoms with Crippen LogP contribution in [0, 0.1) is 0 Å². The van der Waals surface area contributed by atoms with Gasteiger partial charge in [-0.1, -0.05) is 30.3 Å². The van der Waals surface area contributed by atoms with Crippen molar-refractivity contribution < 1.29 is 4.74 Å². The zero-order valence-electron chi connectivity index (χ0n) is 14.4. The van der Waals surface area contributed by atoms with E-state index >= 15 is 0 Å². The maximum Gasteiger partial charge on any atom is 0.164 e. The third kappa shape index (κ3) is 2.59. The molecule has 26 heavy (non-hydrogen) atoms. The van der Waals surface area contributed by atoms with E-state index in [9.17, 15) is 0 Å². The van der Waals surface area contributed by atoms with Crippen molar-refractivity contribution >= 4 is 11.4 Å². The summed E-state index contributed by atoms with van der Waals surface area (Å²) < 4.78 is 7.92. The van der Waals surface area contributed by atoms with E-state index < -0.39 is 0 Å². The Balaban J connectivity index is 1.50. The van der Waals surface area contributed by atoms with Crippen molar-refractivity contribution in [1.29, 1.82) is 0 Å². The minimum Gasteiger partial charge on any atom is -0.369 e. The number of hydrogen-bond acceptors (Lipinski definition) is 5. The maximum absolute atomic E-state index is 5.76. The van der Waals surface area contributed by atoms with Crippen molar-refractivity contribution in [2.45, 2.75) is 19.6 Å². The van der Waals surface area contributed by atoms with Crippen molar-refractivity contribution in [1.82, 2.24) is 19.7 Å². The van der Waals surface area contributed by atoms with E-state index in [1.165, 1.54) is 11.1 Å². The summed E-state index contributed by atoms with van der Waals surface area (Å²) in [5.41, 5.74) is 3.51. The summed E-state index contributed by atoms with van der Waals surface area (Å²) in [6, 6.07) is 14.3. The number of nitrogens with zero attached hydrogens (tertiary/aromatic N) is 5. The Morgan fingerprint density at radius 1 is 0.962 bits per heavy atom. The van der Waals surface area contributed by atoms with Crippen molar-refractivity contribution in [3.05, 3.63) is 71.9 Å². The molecule has 130 valence electrons. The van der Waals surface area contributed by atoms with Crippen LogP contribution in [0.5, 0.6) is 0 Å². The van der Waals surface area contributed by atoms with Crippen LogP contribution >= 0.6 is 0 Å². The molecule has 1 aromatic carbocycles. The van der Waals surface area contributed by atoms with Gasteiger partial charge in [0.05, 0.1) is 12.3 Å². The van der Waals surface area contributed by atoms with Gasteiger partial charge in [-0.05, 0) is 30.2 Å². The normalized spacial score (nSPS) is 16.5. The van der Waals surface area contributed by atoms with Crippen LogP contribution < -0.4 is 4.90 Å². The predicted octanol–water partition coefficient (Wildman–Crippen LogP) is 2.99. The molecule has 0 aliphatic carbocycles. The molecule has 0 bridgehead atoms. The van der Waals surface area contributed by atoms with E-state index in [2.05, 4.69) is 55.0 Å². The number of fused-ring (bicyclic) bond motifs is 3. The smallest absolute Gasteiger partial charge is 0.164 e. The van der Waals surface area contributed by atoms with Gasteiger partial charge in [0, 0.05) is 24.8 Å². The molecule has 5 rings (SSSR count). The lowest BCUT2D eigenvalue weighted by molar-refractivity contribution is 0.105. The fraction of sp³-hybridized carbons (Fsp3) is 0.250. The molecular weight excluding hydrogens is 326 g/mol. The van der Waals surface area contributed by atoms with Gasteiger partial charge in [0.2, 0.25) is 0 Å². The van der Waals surface area contributed by atoms with E-state index in [0.29, 0.717) is 13.2 Å². The van der Waals surface area contributed by atoms with Crippen molar-refractivity contribution in [3.63, 3.8) is 0 Å². The van der Waals surface area contributed by atoms with Crippen molar-refractivity contribution in [3.8, 4) is 5.69 Å². The Morgan fingerprint density at radius 3 is 2.73 bits per heavy atom. The third-order valence-electron chi connectivity index (χ3n) is 4.92. The van der Waals surface area contributed by atoms with Crippen LogP contribution in [-0.4, -0.2) is 32.8 Å². The molecule has 6 heteroatoms. The molecule has 4 heterocycles. The highest BCUT2D eigenvalue weighted by molar-refractivity contribution is 5.66. The zero-order chi connectivity index (χ0) is 17.3. The van der Waals surface area contributed by atoms with E-state index in [1.54, 1.807) is 0 Å². The summed E-state index contributed by atoms with van der Waals surface area (Å²) >= 11 is 0. The number of pyridine rings is 1. The molecule has 2 aliphatic heterocycles. The molecule has 0 unspecified atom stereocenters. The molecule has 0 atom stereocenters. The van der Waals surface area contributed by atoms with Gasteiger partial charge < -0.3 is 9.64 Å². The van der Waals surface area contributed by atoms with E-state index in [-0.39, 0.29) is 0 Å². The molecule has 0 saturated heterocycles. The minimum absolute atomic E-state index is 0.481. The van der Waals surface area contributed by atoms with Crippen molar-refractivity contribution in [2.24, 2.45) is 0 Å².